The number of nitrogens with zero attached hydrogens (tertiary/aromatic N) is 4. The van der Waals surface area contributed by atoms with Crippen molar-refractivity contribution in [1.82, 2.24) is 19.1 Å². The molecule has 4 nitrogen and oxygen atoms in total. The fourth-order valence-corrected chi connectivity index (χ4v) is 10.1. The second-order valence-corrected chi connectivity index (χ2v) is 15.6. The Balaban J connectivity index is 1.05. The highest BCUT2D eigenvalue weighted by molar-refractivity contribution is 7.26. The smallest absolute Gasteiger partial charge is 0.160 e. The minimum absolute atomic E-state index is 0.711. The van der Waals surface area contributed by atoms with Crippen molar-refractivity contribution in [2.75, 3.05) is 0 Å². The number of benzene rings is 8. The van der Waals surface area contributed by atoms with Crippen molar-refractivity contribution >= 4 is 75.3 Å². The second-order valence-electron chi connectivity index (χ2n) is 14.6. The molecular weight excluding hydrogens is 713 g/mol. The van der Waals surface area contributed by atoms with Gasteiger partial charge in [0.2, 0.25) is 0 Å². The van der Waals surface area contributed by atoms with Crippen molar-refractivity contribution in [3.63, 3.8) is 0 Å². The highest BCUT2D eigenvalue weighted by atomic mass is 32.1. The maximum absolute atomic E-state index is 5.41. The van der Waals surface area contributed by atoms with E-state index in [4.69, 9.17) is 9.97 Å². The van der Waals surface area contributed by atoms with E-state index in [0.29, 0.717) is 5.82 Å². The van der Waals surface area contributed by atoms with Crippen LogP contribution in [-0.2, 0) is 0 Å². The van der Waals surface area contributed by atoms with Crippen LogP contribution in [-0.4, -0.2) is 19.1 Å². The van der Waals surface area contributed by atoms with Crippen LogP contribution in [0.5, 0.6) is 0 Å². The molecule has 0 radical (unpaired) electrons. The van der Waals surface area contributed by atoms with Crippen LogP contribution in [0.25, 0.3) is 109 Å². The summed E-state index contributed by atoms with van der Waals surface area (Å²) in [6.45, 7) is 0. The van der Waals surface area contributed by atoms with Crippen LogP contribution in [0.1, 0.15) is 0 Å². The predicted molar refractivity (Wildman–Crippen MR) is 240 cm³/mol. The molecule has 0 saturated carbocycles. The van der Waals surface area contributed by atoms with Gasteiger partial charge in [0.1, 0.15) is 0 Å². The standard InChI is InChI=1S/C52H32N4S/c1-2-15-33(16-3-1)48-51-49(54-52(53-48)35-18-13-20-37(32-35)56-46-29-10-6-23-41(46)42-24-7-11-30-47(42)56)43-26-14-25-38(50(43)57-51)34-17-12-19-36(31-34)55-44-27-8-4-21-39(44)40-22-5-9-28-45(40)55/h1-32H. The van der Waals surface area contributed by atoms with Gasteiger partial charge >= 0.3 is 0 Å². The van der Waals surface area contributed by atoms with E-state index in [9.17, 15) is 0 Å². The van der Waals surface area contributed by atoms with Gasteiger partial charge < -0.3 is 9.13 Å². The van der Waals surface area contributed by atoms with Crippen LogP contribution in [0, 0.1) is 0 Å². The molecular formula is C52H32N4S. The van der Waals surface area contributed by atoms with E-state index in [-0.39, 0.29) is 0 Å². The monoisotopic (exact) mass is 744 g/mol. The highest BCUT2D eigenvalue weighted by Gasteiger charge is 2.20. The fourth-order valence-electron chi connectivity index (χ4n) is 8.81. The molecule has 0 bridgehead atoms. The van der Waals surface area contributed by atoms with Gasteiger partial charge in [0, 0.05) is 54.1 Å². The molecule has 57 heavy (non-hydrogen) atoms. The summed E-state index contributed by atoms with van der Waals surface area (Å²) in [4.78, 5) is 10.8. The molecule has 266 valence electrons. The lowest BCUT2D eigenvalue weighted by Crippen LogP contribution is -1.97. The molecule has 0 atom stereocenters. The molecule has 12 rings (SSSR count). The summed E-state index contributed by atoms with van der Waals surface area (Å²) < 4.78 is 7.03. The van der Waals surface area contributed by atoms with Crippen molar-refractivity contribution in [3.8, 4) is 45.1 Å². The summed E-state index contributed by atoms with van der Waals surface area (Å²) in [5.41, 5.74) is 13.3. The third-order valence-corrected chi connectivity index (χ3v) is 12.6. The molecule has 0 aliphatic heterocycles. The summed E-state index contributed by atoms with van der Waals surface area (Å²) in [5.74, 6) is 0.711. The Bertz CT molecular complexity index is 3430. The number of hydrogen-bond donors (Lipinski definition) is 0. The minimum atomic E-state index is 0.711. The minimum Gasteiger partial charge on any atom is -0.309 e. The van der Waals surface area contributed by atoms with E-state index in [2.05, 4.69) is 203 Å². The number of fused-ring (bicyclic) bond motifs is 9. The Hall–Kier alpha value is -7.34. The zero-order chi connectivity index (χ0) is 37.5. The molecule has 0 saturated heterocycles. The van der Waals surface area contributed by atoms with Crippen LogP contribution < -0.4 is 0 Å². The van der Waals surface area contributed by atoms with Crippen LogP contribution >= 0.6 is 11.3 Å². The second kappa shape index (κ2) is 12.6. The maximum atomic E-state index is 5.41. The Kier molecular flexibility index (Phi) is 7.06. The van der Waals surface area contributed by atoms with Crippen LogP contribution in [0.3, 0.4) is 0 Å². The Morgan fingerprint density at radius 1 is 0.351 bits per heavy atom. The number of hydrogen-bond acceptors (Lipinski definition) is 3. The molecule has 0 aliphatic rings. The predicted octanol–water partition coefficient (Wildman–Crippen LogP) is 14.0. The summed E-state index contributed by atoms with van der Waals surface area (Å²) in [7, 11) is 0. The van der Waals surface area contributed by atoms with E-state index in [1.807, 2.05) is 0 Å². The average Bonchev–Trinajstić information content (AvgIpc) is 3.94. The third kappa shape index (κ3) is 4.93. The van der Waals surface area contributed by atoms with E-state index < -0.39 is 0 Å². The number of aromatic nitrogens is 4. The largest absolute Gasteiger partial charge is 0.309 e. The molecule has 0 fully saturated rings. The Morgan fingerprint density at radius 2 is 0.807 bits per heavy atom. The van der Waals surface area contributed by atoms with E-state index >= 15 is 0 Å². The zero-order valence-electron chi connectivity index (χ0n) is 30.7. The first kappa shape index (κ1) is 32.0. The van der Waals surface area contributed by atoms with Gasteiger partial charge in [0.15, 0.2) is 5.82 Å². The molecule has 0 unspecified atom stereocenters. The first-order valence-corrected chi connectivity index (χ1v) is 20.1. The van der Waals surface area contributed by atoms with Gasteiger partial charge in [-0.25, -0.2) is 9.97 Å². The number of para-hydroxylation sites is 4. The highest BCUT2D eigenvalue weighted by Crippen LogP contribution is 2.44. The van der Waals surface area contributed by atoms with Gasteiger partial charge in [-0.3, -0.25) is 0 Å². The van der Waals surface area contributed by atoms with Gasteiger partial charge in [-0.1, -0.05) is 146 Å². The van der Waals surface area contributed by atoms with Gasteiger partial charge in [0.25, 0.3) is 0 Å². The lowest BCUT2D eigenvalue weighted by atomic mass is 10.0. The maximum Gasteiger partial charge on any atom is 0.160 e. The van der Waals surface area contributed by atoms with Gasteiger partial charge in [-0.05, 0) is 59.7 Å². The Morgan fingerprint density at radius 3 is 1.39 bits per heavy atom. The molecule has 8 aromatic carbocycles. The molecule has 0 aliphatic carbocycles. The Labute approximate surface area is 332 Å². The normalized spacial score (nSPS) is 11.9. The lowest BCUT2D eigenvalue weighted by Gasteiger charge is -2.11. The third-order valence-electron chi connectivity index (χ3n) is 11.3. The van der Waals surface area contributed by atoms with Gasteiger partial charge in [-0.15, -0.1) is 11.3 Å². The molecule has 4 aromatic heterocycles. The zero-order valence-corrected chi connectivity index (χ0v) is 31.5. The van der Waals surface area contributed by atoms with Gasteiger partial charge in [-0.2, -0.15) is 0 Å². The molecule has 0 spiro atoms. The van der Waals surface area contributed by atoms with E-state index in [0.717, 1.165) is 43.8 Å². The van der Waals surface area contributed by atoms with Gasteiger partial charge in [0.05, 0.1) is 38.0 Å². The van der Waals surface area contributed by atoms with Crippen molar-refractivity contribution in [1.29, 1.82) is 0 Å². The van der Waals surface area contributed by atoms with Crippen LogP contribution in [0.4, 0.5) is 0 Å². The fraction of sp³-hybridized carbons (Fsp3) is 0. The first-order valence-electron chi connectivity index (χ1n) is 19.3. The summed E-state index contributed by atoms with van der Waals surface area (Å²) in [6, 6.07) is 69.4. The summed E-state index contributed by atoms with van der Waals surface area (Å²) in [6.07, 6.45) is 0. The topological polar surface area (TPSA) is 35.6 Å². The van der Waals surface area contributed by atoms with Crippen molar-refractivity contribution < 1.29 is 0 Å². The molecule has 5 heteroatoms. The summed E-state index contributed by atoms with van der Waals surface area (Å²) in [5, 5.41) is 6.13. The molecule has 4 heterocycles. The summed E-state index contributed by atoms with van der Waals surface area (Å²) >= 11 is 1.79. The molecule has 0 amide bonds. The van der Waals surface area contributed by atoms with Crippen LogP contribution in [0.15, 0.2) is 194 Å². The SMILES string of the molecule is c1ccc(-c2nc(-c3cccc(-n4c5ccccc5c5ccccc54)c3)nc3c2sc2c(-c4cccc(-n5c6ccccc6c6ccccc65)c4)cccc23)cc1. The number of thiophene rings is 1. The van der Waals surface area contributed by atoms with E-state index in [1.54, 1.807) is 11.3 Å². The van der Waals surface area contributed by atoms with E-state index in [1.165, 1.54) is 59.4 Å². The van der Waals surface area contributed by atoms with Crippen molar-refractivity contribution in [3.05, 3.63) is 194 Å². The lowest BCUT2D eigenvalue weighted by molar-refractivity contribution is 1.17. The van der Waals surface area contributed by atoms with Crippen LogP contribution in [0.2, 0.25) is 0 Å². The van der Waals surface area contributed by atoms with Crippen molar-refractivity contribution in [2.24, 2.45) is 0 Å². The first-order chi connectivity index (χ1) is 28.3. The quantitative estimate of drug-likeness (QED) is 0.176. The average molecular weight is 745 g/mol. The molecule has 12 aromatic rings. The number of rotatable bonds is 5. The molecule has 0 N–H and O–H groups in total. The van der Waals surface area contributed by atoms with Crippen molar-refractivity contribution in [2.45, 2.75) is 0 Å².